The lowest BCUT2D eigenvalue weighted by Gasteiger charge is -2.44. The fourth-order valence-electron chi connectivity index (χ4n) is 5.05. The first-order chi connectivity index (χ1) is 15.5. The molecule has 6 nitrogen and oxygen atoms in total. The maximum atomic E-state index is 13.7. The van der Waals surface area contributed by atoms with Crippen LogP contribution in [0.15, 0.2) is 60.7 Å². The van der Waals surface area contributed by atoms with Gasteiger partial charge in [-0.1, -0.05) is 60.7 Å². The summed E-state index contributed by atoms with van der Waals surface area (Å²) in [5.74, 6) is -0.0431. The van der Waals surface area contributed by atoms with Crippen molar-refractivity contribution in [3.05, 3.63) is 71.8 Å². The van der Waals surface area contributed by atoms with Gasteiger partial charge in [0, 0.05) is 32.8 Å². The summed E-state index contributed by atoms with van der Waals surface area (Å²) < 4.78 is 5.32. The van der Waals surface area contributed by atoms with Gasteiger partial charge in [-0.05, 0) is 37.3 Å². The van der Waals surface area contributed by atoms with Crippen LogP contribution in [0.5, 0.6) is 0 Å². The molecular formula is C26H33N3O3. The number of piperidine rings is 1. The van der Waals surface area contributed by atoms with E-state index in [2.05, 4.69) is 24.0 Å². The molecule has 4 rings (SSSR count). The third-order valence-electron chi connectivity index (χ3n) is 6.93. The minimum atomic E-state index is -0.746. The van der Waals surface area contributed by atoms with Crippen molar-refractivity contribution < 1.29 is 14.3 Å². The second-order valence-corrected chi connectivity index (χ2v) is 8.92. The Balaban J connectivity index is 1.56. The molecule has 6 heteroatoms. The summed E-state index contributed by atoms with van der Waals surface area (Å²) in [6, 6.07) is 20.1. The lowest BCUT2D eigenvalue weighted by molar-refractivity contribution is -0.136. The lowest BCUT2D eigenvalue weighted by atomic mass is 9.85. The highest BCUT2D eigenvalue weighted by atomic mass is 16.5. The predicted octanol–water partition coefficient (Wildman–Crippen LogP) is 3.56. The van der Waals surface area contributed by atoms with Gasteiger partial charge in [0.15, 0.2) is 0 Å². The summed E-state index contributed by atoms with van der Waals surface area (Å²) >= 11 is 0. The number of carbonyl (C=O) groups excluding carboxylic acids is 2. The smallest absolute Gasteiger partial charge is 0.328 e. The summed E-state index contributed by atoms with van der Waals surface area (Å²) in [7, 11) is 1.72. The molecule has 2 heterocycles. The van der Waals surface area contributed by atoms with E-state index < -0.39 is 5.54 Å². The van der Waals surface area contributed by atoms with Crippen molar-refractivity contribution in [1.82, 2.24) is 14.7 Å². The largest absolute Gasteiger partial charge is 0.383 e. The van der Waals surface area contributed by atoms with Gasteiger partial charge in [0.1, 0.15) is 5.54 Å². The number of rotatable bonds is 8. The Bertz CT molecular complexity index is 910. The van der Waals surface area contributed by atoms with E-state index in [0.717, 1.165) is 25.1 Å². The fraction of sp³-hybridized carbons (Fsp3) is 0.462. The lowest BCUT2D eigenvalue weighted by Crippen LogP contribution is -2.58. The van der Waals surface area contributed by atoms with Crippen LogP contribution in [0.1, 0.15) is 30.9 Å². The zero-order valence-corrected chi connectivity index (χ0v) is 19.1. The number of benzene rings is 2. The Hall–Kier alpha value is -2.70. The summed E-state index contributed by atoms with van der Waals surface area (Å²) in [6.07, 6.45) is 2.06. The number of hydrogen-bond donors (Lipinski definition) is 0. The number of methoxy groups -OCH3 is 1. The van der Waals surface area contributed by atoms with Gasteiger partial charge >= 0.3 is 6.03 Å². The summed E-state index contributed by atoms with van der Waals surface area (Å²) in [6.45, 7) is 5.25. The monoisotopic (exact) mass is 435 g/mol. The van der Waals surface area contributed by atoms with Crippen molar-refractivity contribution in [2.24, 2.45) is 0 Å². The molecule has 0 unspecified atom stereocenters. The van der Waals surface area contributed by atoms with E-state index in [4.69, 9.17) is 4.74 Å². The van der Waals surface area contributed by atoms with E-state index in [-0.39, 0.29) is 11.9 Å². The number of imide groups is 1. The molecule has 170 valence electrons. The molecule has 2 aromatic carbocycles. The first kappa shape index (κ1) is 22.5. The third-order valence-corrected chi connectivity index (χ3v) is 6.93. The van der Waals surface area contributed by atoms with E-state index in [9.17, 15) is 9.59 Å². The molecular weight excluding hydrogens is 402 g/mol. The molecule has 2 fully saturated rings. The van der Waals surface area contributed by atoms with Crippen LogP contribution in [-0.4, -0.2) is 71.6 Å². The molecule has 2 aromatic rings. The Morgan fingerprint density at radius 3 is 2.12 bits per heavy atom. The van der Waals surface area contributed by atoms with Crippen molar-refractivity contribution in [1.29, 1.82) is 0 Å². The van der Waals surface area contributed by atoms with Crippen LogP contribution in [0.3, 0.4) is 0 Å². The molecule has 2 saturated heterocycles. The van der Waals surface area contributed by atoms with Crippen LogP contribution in [0, 0.1) is 0 Å². The standard InChI is InChI=1S/C26H33N3O3/c1-21(20-32-2)27-17-14-26(15-18-27)24(30)28(19-23-11-7-4-8-12-23)25(31)29(26)16-13-22-9-5-3-6-10-22/h3-12,21H,13-20H2,1-2H3/t21-/m0/s1. The van der Waals surface area contributed by atoms with Gasteiger partial charge < -0.3 is 9.64 Å². The van der Waals surface area contributed by atoms with Gasteiger partial charge in [-0.2, -0.15) is 0 Å². The second kappa shape index (κ2) is 9.84. The zero-order chi connectivity index (χ0) is 22.6. The van der Waals surface area contributed by atoms with Gasteiger partial charge in [-0.15, -0.1) is 0 Å². The van der Waals surface area contributed by atoms with Crippen LogP contribution in [0.4, 0.5) is 4.79 Å². The number of hydrogen-bond acceptors (Lipinski definition) is 4. The molecule has 3 amide bonds. The fourth-order valence-corrected chi connectivity index (χ4v) is 5.05. The second-order valence-electron chi connectivity index (χ2n) is 8.92. The molecule has 0 N–H and O–H groups in total. The quantitative estimate of drug-likeness (QED) is 0.595. The van der Waals surface area contributed by atoms with Gasteiger partial charge in [0.25, 0.3) is 5.91 Å². The van der Waals surface area contributed by atoms with Crippen LogP contribution in [0.25, 0.3) is 0 Å². The molecule has 0 aromatic heterocycles. The van der Waals surface area contributed by atoms with Gasteiger partial charge in [0.05, 0.1) is 13.2 Å². The summed E-state index contributed by atoms with van der Waals surface area (Å²) in [4.78, 5) is 33.0. The molecule has 2 aliphatic rings. The van der Waals surface area contributed by atoms with Crippen molar-refractivity contribution in [3.8, 4) is 0 Å². The van der Waals surface area contributed by atoms with E-state index in [1.807, 2.05) is 53.4 Å². The maximum Gasteiger partial charge on any atom is 0.328 e. The number of ether oxygens (including phenoxy) is 1. The van der Waals surface area contributed by atoms with Crippen molar-refractivity contribution >= 4 is 11.9 Å². The predicted molar refractivity (Wildman–Crippen MR) is 124 cm³/mol. The Labute approximate surface area is 190 Å². The number of urea groups is 1. The van der Waals surface area contributed by atoms with Crippen molar-refractivity contribution in [2.45, 2.75) is 44.3 Å². The summed E-state index contributed by atoms with van der Waals surface area (Å²) in [5, 5.41) is 0. The zero-order valence-electron chi connectivity index (χ0n) is 19.1. The topological polar surface area (TPSA) is 53.1 Å². The Morgan fingerprint density at radius 1 is 0.938 bits per heavy atom. The minimum absolute atomic E-state index is 0.0431. The number of nitrogens with zero attached hydrogens (tertiary/aromatic N) is 3. The van der Waals surface area contributed by atoms with Crippen molar-refractivity contribution in [2.75, 3.05) is 33.4 Å². The van der Waals surface area contributed by atoms with E-state index in [1.54, 1.807) is 7.11 Å². The van der Waals surface area contributed by atoms with Gasteiger partial charge in [-0.25, -0.2) is 4.79 Å². The molecule has 32 heavy (non-hydrogen) atoms. The minimum Gasteiger partial charge on any atom is -0.383 e. The number of carbonyl (C=O) groups is 2. The normalized spacial score (nSPS) is 19.7. The Morgan fingerprint density at radius 2 is 1.53 bits per heavy atom. The molecule has 1 spiro atoms. The molecule has 0 bridgehead atoms. The van der Waals surface area contributed by atoms with Gasteiger partial charge in [-0.3, -0.25) is 14.6 Å². The first-order valence-corrected chi connectivity index (χ1v) is 11.5. The average molecular weight is 436 g/mol. The molecule has 1 atom stereocenters. The number of likely N-dealkylation sites (tertiary alicyclic amines) is 1. The van der Waals surface area contributed by atoms with Crippen LogP contribution < -0.4 is 0 Å². The van der Waals surface area contributed by atoms with E-state index >= 15 is 0 Å². The van der Waals surface area contributed by atoms with E-state index in [1.165, 1.54) is 10.5 Å². The van der Waals surface area contributed by atoms with Crippen LogP contribution in [0.2, 0.25) is 0 Å². The molecule has 2 aliphatic heterocycles. The molecule has 0 aliphatic carbocycles. The highest BCUT2D eigenvalue weighted by Crippen LogP contribution is 2.38. The third kappa shape index (κ3) is 4.43. The highest BCUT2D eigenvalue weighted by Gasteiger charge is 2.57. The maximum absolute atomic E-state index is 13.7. The van der Waals surface area contributed by atoms with Crippen molar-refractivity contribution in [3.63, 3.8) is 0 Å². The SMILES string of the molecule is COC[C@H](C)N1CCC2(CC1)C(=O)N(Cc1ccccc1)C(=O)N2CCc1ccccc1. The van der Waals surface area contributed by atoms with E-state index in [0.29, 0.717) is 38.6 Å². The average Bonchev–Trinajstić information content (AvgIpc) is 3.01. The van der Waals surface area contributed by atoms with Crippen LogP contribution >= 0.6 is 0 Å². The van der Waals surface area contributed by atoms with Gasteiger partial charge in [0.2, 0.25) is 0 Å². The number of amides is 3. The highest BCUT2D eigenvalue weighted by molar-refractivity contribution is 6.07. The first-order valence-electron chi connectivity index (χ1n) is 11.5. The molecule has 0 radical (unpaired) electrons. The molecule has 0 saturated carbocycles. The summed E-state index contributed by atoms with van der Waals surface area (Å²) in [5.41, 5.74) is 1.40. The van der Waals surface area contributed by atoms with Crippen LogP contribution in [-0.2, 0) is 22.5 Å². The Kier molecular flexibility index (Phi) is 6.92.